The van der Waals surface area contributed by atoms with Gasteiger partial charge in [0.05, 0.1) is 0 Å². The summed E-state index contributed by atoms with van der Waals surface area (Å²) in [5, 5.41) is 11.3. The molecule has 2 nitrogen and oxygen atoms in total. The van der Waals surface area contributed by atoms with Gasteiger partial charge in [-0.15, -0.1) is 0 Å². The molecular formula is C18H35NaO2. The normalized spacial score (nSPS) is 46.6. The molecular weight excluding hydrogens is 271 g/mol. The van der Waals surface area contributed by atoms with Crippen LogP contribution < -0.4 is 34.7 Å². The van der Waals surface area contributed by atoms with Crippen LogP contribution in [0.5, 0.6) is 0 Å². The zero-order valence-corrected chi connectivity index (χ0v) is 12.8. The van der Waals surface area contributed by atoms with E-state index in [-0.39, 0.29) is 29.6 Å². The Hall–Kier alpha value is 0.470. The number of aliphatic carboxylic acids is 1. The molecule has 0 aliphatic rings. The van der Waals surface area contributed by atoms with Gasteiger partial charge in [0, 0.05) is 53.9 Å². The van der Waals surface area contributed by atoms with Gasteiger partial charge in [0.1, 0.15) is 0 Å². The average Bonchev–Trinajstić information content (AvgIpc) is 2.94. The molecule has 0 fully saturated rings. The van der Waals surface area contributed by atoms with Gasteiger partial charge in [0.15, 0.2) is 0 Å². The first-order valence-electron chi connectivity index (χ1n) is 22.2. The Morgan fingerprint density at radius 3 is 1.43 bits per heavy atom. The van der Waals surface area contributed by atoms with Crippen molar-refractivity contribution in [3.63, 3.8) is 0 Å². The van der Waals surface area contributed by atoms with E-state index >= 15 is 0 Å². The minimum atomic E-state index is -5.26. The molecule has 0 spiro atoms. The maximum Gasteiger partial charge on any atom is 1.00 e. The van der Waals surface area contributed by atoms with Gasteiger partial charge in [-0.25, -0.2) is 0 Å². The number of rotatable bonds is 16. The fourth-order valence-electron chi connectivity index (χ4n) is 0.489. The molecule has 0 radical (unpaired) electrons. The summed E-state index contributed by atoms with van der Waals surface area (Å²) in [6.45, 7) is -4.15. The molecule has 0 amide bonds. The molecule has 0 saturated carbocycles. The molecule has 0 unspecified atom stereocenters. The third-order valence-electron chi connectivity index (χ3n) is 1.04. The van der Waals surface area contributed by atoms with Gasteiger partial charge in [-0.2, -0.15) is 0 Å². The van der Waals surface area contributed by atoms with E-state index in [0.717, 1.165) is 0 Å². The fraction of sp³-hybridized carbons (Fsp3) is 0.944. The second-order valence-corrected chi connectivity index (χ2v) is 2.29. The molecule has 0 aliphatic heterocycles. The molecule has 120 valence electrons. The number of carboxylic acid groups (broad SMARTS) is 1. The van der Waals surface area contributed by atoms with Crippen molar-refractivity contribution in [2.45, 2.75) is 109 Å². The van der Waals surface area contributed by atoms with Crippen molar-refractivity contribution < 1.29 is 87.4 Å². The van der Waals surface area contributed by atoms with Gasteiger partial charge in [-0.3, -0.25) is 0 Å². The van der Waals surface area contributed by atoms with Crippen molar-refractivity contribution >= 4 is 5.97 Å². The Balaban J connectivity index is 0. The topological polar surface area (TPSA) is 40.1 Å². The van der Waals surface area contributed by atoms with E-state index in [1.807, 2.05) is 0 Å². The Bertz CT molecular complexity index is 1450. The van der Waals surface area contributed by atoms with Crippen LogP contribution in [0.3, 0.4) is 0 Å². The number of carbonyl (C=O) groups excluding carboxylic acids is 1. The molecule has 3 heteroatoms. The minimum absolute atomic E-state index is 0. The molecule has 0 heterocycles. The predicted molar refractivity (Wildman–Crippen MR) is 84.6 cm³/mol. The molecule has 0 saturated heterocycles. The van der Waals surface area contributed by atoms with Crippen LogP contribution in [0.4, 0.5) is 0 Å². The Morgan fingerprint density at radius 1 is 0.762 bits per heavy atom. The first kappa shape index (κ1) is 3.03. The Kier molecular flexibility index (Phi) is 2.96. The maximum atomic E-state index is 11.3. The third kappa shape index (κ3) is 22.9. The van der Waals surface area contributed by atoms with Crippen molar-refractivity contribution in [3.8, 4) is 0 Å². The van der Waals surface area contributed by atoms with Gasteiger partial charge in [-0.1, -0.05) is 96.1 Å². The van der Waals surface area contributed by atoms with Crippen LogP contribution in [-0.4, -0.2) is 5.97 Å². The minimum Gasteiger partial charge on any atom is -0.550 e. The number of hydrogen-bond acceptors (Lipinski definition) is 2. The van der Waals surface area contributed by atoms with Crippen LogP contribution in [-0.2, 0) is 4.79 Å². The molecule has 0 bridgehead atoms. The standard InChI is InChI=1S/C18H36O2.Na/c1-2-3-4-5-6-7-8-9-10-11-12-13-14-15-16-17-18(19)20;/h2-17H2,1H3,(H,19,20);/q;+1/p-1/i1D3,2D2,3D2,4D2,5D2,6D2,7D2,8D2,9D2,10D2,11D2,12D2,13D2,14D2,15D2,16D2,17D2;. The summed E-state index contributed by atoms with van der Waals surface area (Å²) in [4.78, 5) is 11.3. The van der Waals surface area contributed by atoms with Gasteiger partial charge < -0.3 is 9.90 Å². The van der Waals surface area contributed by atoms with Gasteiger partial charge in [0.25, 0.3) is 0 Å². The second kappa shape index (κ2) is 20.5. The molecule has 0 N–H and O–H groups in total. The SMILES string of the molecule is [2H]C([2H])([2H])C([2H])([2H])C([2H])([2H])C([2H])([2H])C([2H])([2H])C([2H])([2H])C([2H])([2H])C([2H])([2H])C([2H])([2H])C([2H])([2H])C([2H])([2H])C([2H])([2H])C([2H])([2H])C([2H])([2H])C([2H])([2H])C([2H])([2H])C([2H])([2H])C(=O)[O-].[Na+]. The summed E-state index contributed by atoms with van der Waals surface area (Å²) in [6, 6.07) is 0. The zero-order chi connectivity index (χ0) is 46.1. The first-order chi connectivity index (χ1) is 22.9. The largest absolute Gasteiger partial charge is 1.00 e. The summed E-state index contributed by atoms with van der Waals surface area (Å²) in [7, 11) is 0. The van der Waals surface area contributed by atoms with Crippen molar-refractivity contribution in [1.82, 2.24) is 0 Å². The average molecular weight is 342 g/mol. The molecule has 0 aromatic rings. The van der Waals surface area contributed by atoms with Crippen LogP contribution >= 0.6 is 0 Å². The molecule has 0 rings (SSSR count). The van der Waals surface area contributed by atoms with E-state index in [4.69, 9.17) is 48.0 Å². The van der Waals surface area contributed by atoms with Crippen LogP contribution in [0, 0.1) is 0 Å². The molecule has 0 aromatic heterocycles. The number of carboxylic acids is 1. The van der Waals surface area contributed by atoms with Gasteiger partial charge in [0.2, 0.25) is 0 Å². The third-order valence-corrected chi connectivity index (χ3v) is 1.04. The van der Waals surface area contributed by atoms with E-state index in [2.05, 4.69) is 0 Å². The van der Waals surface area contributed by atoms with Gasteiger partial charge >= 0.3 is 29.6 Å². The fourth-order valence-corrected chi connectivity index (χ4v) is 0.489. The van der Waals surface area contributed by atoms with E-state index in [1.54, 1.807) is 0 Å². The summed E-state index contributed by atoms with van der Waals surface area (Å²) in [5.74, 6) is -3.05. The van der Waals surface area contributed by atoms with E-state index in [9.17, 15) is 9.90 Å². The molecule has 21 heavy (non-hydrogen) atoms. The van der Waals surface area contributed by atoms with Crippen LogP contribution in [0.15, 0.2) is 0 Å². The zero-order valence-electron chi connectivity index (χ0n) is 45.8. The molecule has 0 atom stereocenters. The smallest absolute Gasteiger partial charge is 0.550 e. The van der Waals surface area contributed by atoms with Crippen molar-refractivity contribution in [2.75, 3.05) is 0 Å². The summed E-state index contributed by atoms with van der Waals surface area (Å²) in [5.41, 5.74) is 0. The van der Waals surface area contributed by atoms with E-state index in [1.165, 1.54) is 0 Å². The molecule has 0 aliphatic carbocycles. The predicted octanol–water partition coefficient (Wildman–Crippen LogP) is 2.00. The van der Waals surface area contributed by atoms with Crippen LogP contribution in [0.1, 0.15) is 157 Å². The first-order valence-corrected chi connectivity index (χ1v) is 4.66. The van der Waals surface area contributed by atoms with Crippen molar-refractivity contribution in [2.24, 2.45) is 0 Å². The Labute approximate surface area is 203 Å². The van der Waals surface area contributed by atoms with E-state index < -0.39 is 115 Å². The van der Waals surface area contributed by atoms with Crippen LogP contribution in [0.2, 0.25) is 0 Å². The number of carbonyl (C=O) groups is 1. The number of hydrogen-bond donors (Lipinski definition) is 0. The Morgan fingerprint density at radius 2 is 1.10 bits per heavy atom. The van der Waals surface area contributed by atoms with Crippen molar-refractivity contribution in [1.29, 1.82) is 0 Å². The monoisotopic (exact) mass is 341 g/mol. The summed E-state index contributed by atoms with van der Waals surface area (Å²) >= 11 is 0. The summed E-state index contributed by atoms with van der Waals surface area (Å²) < 4.78 is 277. The summed E-state index contributed by atoms with van der Waals surface area (Å²) in [6.07, 6.45) is -80.1. The molecule has 0 aromatic carbocycles. The quantitative estimate of drug-likeness (QED) is 0.403. The second-order valence-electron chi connectivity index (χ2n) is 2.29. The van der Waals surface area contributed by atoms with E-state index in [0.29, 0.717) is 0 Å². The van der Waals surface area contributed by atoms with Crippen molar-refractivity contribution in [3.05, 3.63) is 0 Å². The van der Waals surface area contributed by atoms with Crippen LogP contribution in [0.25, 0.3) is 0 Å². The maximum absolute atomic E-state index is 11.3. The van der Waals surface area contributed by atoms with Gasteiger partial charge in [-0.05, 0) is 12.7 Å².